The van der Waals surface area contributed by atoms with E-state index in [1.54, 1.807) is 25.1 Å². The molecule has 158 valence electrons. The Kier molecular flexibility index (Phi) is 5.94. The molecule has 1 fully saturated rings. The number of morpholine rings is 1. The molecule has 0 radical (unpaired) electrons. The van der Waals surface area contributed by atoms with E-state index in [-0.39, 0.29) is 12.5 Å². The van der Waals surface area contributed by atoms with Gasteiger partial charge in [0.25, 0.3) is 0 Å². The van der Waals surface area contributed by atoms with E-state index < -0.39 is 0 Å². The van der Waals surface area contributed by atoms with E-state index in [4.69, 9.17) is 14.2 Å². The Morgan fingerprint density at radius 2 is 2.03 bits per heavy atom. The minimum Gasteiger partial charge on any atom is -0.497 e. The fourth-order valence-electron chi connectivity index (χ4n) is 3.43. The first-order valence-corrected chi connectivity index (χ1v) is 9.66. The van der Waals surface area contributed by atoms with Gasteiger partial charge in [0.2, 0.25) is 5.91 Å². The number of amides is 1. The van der Waals surface area contributed by atoms with E-state index in [9.17, 15) is 4.79 Å². The number of nitrogens with one attached hydrogen (secondary N) is 1. The van der Waals surface area contributed by atoms with Crippen molar-refractivity contribution >= 4 is 22.8 Å². The lowest BCUT2D eigenvalue weighted by Gasteiger charge is -2.27. The Hall–Kier alpha value is -3.40. The molecule has 30 heavy (non-hydrogen) atoms. The third-order valence-electron chi connectivity index (χ3n) is 4.98. The summed E-state index contributed by atoms with van der Waals surface area (Å²) in [6, 6.07) is 5.46. The maximum absolute atomic E-state index is 12.6. The summed E-state index contributed by atoms with van der Waals surface area (Å²) in [6.45, 7) is 3.22. The van der Waals surface area contributed by atoms with E-state index in [1.165, 1.54) is 6.33 Å². The average molecular weight is 412 g/mol. The largest absolute Gasteiger partial charge is 0.497 e. The number of benzene rings is 1. The van der Waals surface area contributed by atoms with Gasteiger partial charge in [-0.3, -0.25) is 4.79 Å². The normalized spacial score (nSPS) is 14.0. The predicted octanol–water partition coefficient (Wildman–Crippen LogP) is 0.996. The van der Waals surface area contributed by atoms with Crippen LogP contribution in [0.25, 0.3) is 11.0 Å². The molecule has 10 nitrogen and oxygen atoms in total. The quantitative estimate of drug-likeness (QED) is 0.613. The number of methoxy groups -OCH3 is 2. The first-order valence-electron chi connectivity index (χ1n) is 9.66. The third-order valence-corrected chi connectivity index (χ3v) is 4.98. The summed E-state index contributed by atoms with van der Waals surface area (Å²) in [7, 11) is 3.19. The zero-order valence-electron chi connectivity index (χ0n) is 17.0. The molecule has 0 unspecified atom stereocenters. The lowest BCUT2D eigenvalue weighted by atomic mass is 10.2. The maximum atomic E-state index is 12.6. The number of nitrogens with zero attached hydrogens (tertiary/aromatic N) is 5. The van der Waals surface area contributed by atoms with Gasteiger partial charge >= 0.3 is 0 Å². The van der Waals surface area contributed by atoms with Crippen LogP contribution in [0.5, 0.6) is 11.5 Å². The second kappa shape index (κ2) is 8.95. The lowest BCUT2D eigenvalue weighted by molar-refractivity contribution is -0.121. The molecule has 1 amide bonds. The number of ether oxygens (including phenoxy) is 3. The average Bonchev–Trinajstić information content (AvgIpc) is 3.20. The molecule has 0 aliphatic carbocycles. The third kappa shape index (κ3) is 4.13. The molecule has 0 spiro atoms. The summed E-state index contributed by atoms with van der Waals surface area (Å²) in [5.41, 5.74) is 1.45. The van der Waals surface area contributed by atoms with Gasteiger partial charge in [0.1, 0.15) is 30.2 Å². The van der Waals surface area contributed by atoms with Crippen molar-refractivity contribution in [2.24, 2.45) is 0 Å². The predicted molar refractivity (Wildman–Crippen MR) is 110 cm³/mol. The number of anilines is 1. The van der Waals surface area contributed by atoms with E-state index in [0.717, 1.165) is 29.9 Å². The molecule has 0 bridgehead atoms. The van der Waals surface area contributed by atoms with Gasteiger partial charge in [-0.15, -0.1) is 0 Å². The second-order valence-electron chi connectivity index (χ2n) is 6.79. The van der Waals surface area contributed by atoms with E-state index >= 15 is 0 Å². The van der Waals surface area contributed by atoms with Crippen molar-refractivity contribution in [3.8, 4) is 11.5 Å². The Morgan fingerprint density at radius 3 is 2.80 bits per heavy atom. The molecule has 1 aromatic carbocycles. The molecule has 3 heterocycles. The minimum absolute atomic E-state index is 0.0509. The van der Waals surface area contributed by atoms with Crippen molar-refractivity contribution < 1.29 is 19.0 Å². The Bertz CT molecular complexity index is 1030. The monoisotopic (exact) mass is 412 g/mol. The highest BCUT2D eigenvalue weighted by Gasteiger charge is 2.19. The van der Waals surface area contributed by atoms with Gasteiger partial charge in [0.15, 0.2) is 5.65 Å². The van der Waals surface area contributed by atoms with Crippen LogP contribution in [0.3, 0.4) is 0 Å². The first kappa shape index (κ1) is 19.9. The summed E-state index contributed by atoms with van der Waals surface area (Å²) < 4.78 is 17.6. The van der Waals surface area contributed by atoms with Crippen LogP contribution in [-0.2, 0) is 22.6 Å². The van der Waals surface area contributed by atoms with Gasteiger partial charge in [-0.2, -0.15) is 5.10 Å². The number of fused-ring (bicyclic) bond motifs is 1. The molecule has 1 saturated heterocycles. The van der Waals surface area contributed by atoms with Gasteiger partial charge in [-0.1, -0.05) is 0 Å². The molecule has 4 rings (SSSR count). The smallest absolute Gasteiger partial charge is 0.242 e. The molecular weight excluding hydrogens is 388 g/mol. The van der Waals surface area contributed by atoms with Gasteiger partial charge in [-0.05, 0) is 18.2 Å². The number of rotatable bonds is 7. The van der Waals surface area contributed by atoms with Crippen molar-refractivity contribution in [3.05, 3.63) is 36.3 Å². The van der Waals surface area contributed by atoms with Crippen molar-refractivity contribution in [1.29, 1.82) is 0 Å². The van der Waals surface area contributed by atoms with E-state index in [0.29, 0.717) is 36.9 Å². The molecule has 3 aromatic rings. The number of carbonyl (C=O) groups excluding carboxylic acids is 1. The van der Waals surface area contributed by atoms with Crippen molar-refractivity contribution in [3.63, 3.8) is 0 Å². The zero-order chi connectivity index (χ0) is 20.9. The summed E-state index contributed by atoms with van der Waals surface area (Å²) in [6.07, 6.45) is 3.21. The SMILES string of the molecule is COc1ccc(OC)c(CNC(=O)Cn2ncc3c(N4CCOCC4)ncnc32)c1. The Labute approximate surface area is 173 Å². The maximum Gasteiger partial charge on any atom is 0.242 e. The number of carbonyl (C=O) groups is 1. The van der Waals surface area contributed by atoms with Crippen LogP contribution >= 0.6 is 0 Å². The van der Waals surface area contributed by atoms with Crippen LogP contribution < -0.4 is 19.7 Å². The highest BCUT2D eigenvalue weighted by Crippen LogP contribution is 2.24. The molecule has 1 aliphatic heterocycles. The molecule has 1 aliphatic rings. The highest BCUT2D eigenvalue weighted by atomic mass is 16.5. The standard InChI is InChI=1S/C20H24N6O4/c1-28-15-3-4-17(29-2)14(9-15)10-21-18(27)12-26-20-16(11-24-26)19(22-13-23-20)25-5-7-30-8-6-25/h3-4,9,11,13H,5-8,10,12H2,1-2H3,(H,21,27). The molecular formula is C20H24N6O4. The summed E-state index contributed by atoms with van der Waals surface area (Å²) >= 11 is 0. The highest BCUT2D eigenvalue weighted by molar-refractivity contribution is 5.88. The van der Waals surface area contributed by atoms with Crippen molar-refractivity contribution in [2.45, 2.75) is 13.1 Å². The van der Waals surface area contributed by atoms with E-state index in [1.807, 2.05) is 18.2 Å². The van der Waals surface area contributed by atoms with Gasteiger partial charge in [0, 0.05) is 25.2 Å². The van der Waals surface area contributed by atoms with Crippen LogP contribution in [0.2, 0.25) is 0 Å². The van der Waals surface area contributed by atoms with Crippen LogP contribution in [0.15, 0.2) is 30.7 Å². The van der Waals surface area contributed by atoms with E-state index in [2.05, 4.69) is 25.3 Å². The van der Waals surface area contributed by atoms with Crippen molar-refractivity contribution in [2.75, 3.05) is 45.4 Å². The number of hydrogen-bond donors (Lipinski definition) is 1. The summed E-state index contributed by atoms with van der Waals surface area (Å²) in [4.78, 5) is 23.4. The Morgan fingerprint density at radius 1 is 1.20 bits per heavy atom. The molecule has 2 aromatic heterocycles. The number of aromatic nitrogens is 4. The topological polar surface area (TPSA) is 104 Å². The first-order chi connectivity index (χ1) is 14.7. The number of hydrogen-bond acceptors (Lipinski definition) is 8. The molecule has 0 saturated carbocycles. The summed E-state index contributed by atoms with van der Waals surface area (Å²) in [5.74, 6) is 2.02. The van der Waals surface area contributed by atoms with Crippen LogP contribution in [-0.4, -0.2) is 66.2 Å². The minimum atomic E-state index is -0.184. The lowest BCUT2D eigenvalue weighted by Crippen LogP contribution is -2.36. The van der Waals surface area contributed by atoms with Gasteiger partial charge in [-0.25, -0.2) is 14.6 Å². The molecule has 1 N–H and O–H groups in total. The zero-order valence-corrected chi connectivity index (χ0v) is 17.0. The fourth-order valence-corrected chi connectivity index (χ4v) is 3.43. The molecule has 10 heteroatoms. The van der Waals surface area contributed by atoms with Crippen molar-refractivity contribution in [1.82, 2.24) is 25.1 Å². The van der Waals surface area contributed by atoms with Gasteiger partial charge < -0.3 is 24.4 Å². The Balaban J connectivity index is 1.46. The van der Waals surface area contributed by atoms with Crippen LogP contribution in [0, 0.1) is 0 Å². The van der Waals surface area contributed by atoms with Crippen LogP contribution in [0.4, 0.5) is 5.82 Å². The molecule has 0 atom stereocenters. The second-order valence-corrected chi connectivity index (χ2v) is 6.79. The summed E-state index contributed by atoms with van der Waals surface area (Å²) in [5, 5.41) is 8.08. The van der Waals surface area contributed by atoms with Crippen LogP contribution in [0.1, 0.15) is 5.56 Å². The van der Waals surface area contributed by atoms with Gasteiger partial charge in [0.05, 0.1) is 39.0 Å². The fraction of sp³-hybridized carbons (Fsp3) is 0.400.